The summed E-state index contributed by atoms with van der Waals surface area (Å²) in [5.41, 5.74) is -0.682. The monoisotopic (exact) mass is 279 g/mol. The van der Waals surface area contributed by atoms with Crippen LogP contribution in [0.3, 0.4) is 0 Å². The summed E-state index contributed by atoms with van der Waals surface area (Å²) in [7, 11) is 1.52. The first-order valence-electron chi connectivity index (χ1n) is 6.23. The Kier molecular flexibility index (Phi) is 3.94. The lowest BCUT2D eigenvalue weighted by Crippen LogP contribution is -2.49. The van der Waals surface area contributed by atoms with Crippen molar-refractivity contribution in [3.05, 3.63) is 29.8 Å². The van der Waals surface area contributed by atoms with Crippen LogP contribution in [0.2, 0.25) is 0 Å². The van der Waals surface area contributed by atoms with Gasteiger partial charge in [0.05, 0.1) is 26.4 Å². The summed E-state index contributed by atoms with van der Waals surface area (Å²) in [4.78, 5) is 23.5. The number of hydrogen-bond donors (Lipinski definition) is 2. The lowest BCUT2D eigenvalue weighted by atomic mass is 9.85. The second-order valence-corrected chi connectivity index (χ2v) is 5.00. The number of ether oxygens (including phenoxy) is 2. The highest BCUT2D eigenvalue weighted by atomic mass is 16.5. The molecule has 2 unspecified atom stereocenters. The number of carbonyl (C=O) groups is 2. The minimum Gasteiger partial charge on any atom is -0.497 e. The SMILES string of the molecule is COc1cccc(C(=O)NC2COCC2(C)C(=O)O)c1. The summed E-state index contributed by atoms with van der Waals surface area (Å²) in [5.74, 6) is -0.751. The van der Waals surface area contributed by atoms with Gasteiger partial charge in [0, 0.05) is 5.56 Å². The molecular formula is C14H17NO5. The standard InChI is InChI=1S/C14H17NO5/c1-14(13(17)18)8-20-7-11(14)15-12(16)9-4-3-5-10(6-9)19-2/h3-6,11H,7-8H2,1-2H3,(H,15,16)(H,17,18). The van der Waals surface area contributed by atoms with Gasteiger partial charge in [0.25, 0.3) is 5.91 Å². The van der Waals surface area contributed by atoms with Crippen LogP contribution in [0.15, 0.2) is 24.3 Å². The van der Waals surface area contributed by atoms with Crippen LogP contribution in [0.1, 0.15) is 17.3 Å². The maximum atomic E-state index is 12.2. The van der Waals surface area contributed by atoms with Gasteiger partial charge in [-0.05, 0) is 25.1 Å². The second kappa shape index (κ2) is 5.50. The molecule has 1 aromatic carbocycles. The molecule has 6 nitrogen and oxygen atoms in total. The Hall–Kier alpha value is -2.08. The average Bonchev–Trinajstić information content (AvgIpc) is 2.81. The molecule has 6 heteroatoms. The van der Waals surface area contributed by atoms with Crippen molar-refractivity contribution in [1.82, 2.24) is 5.32 Å². The van der Waals surface area contributed by atoms with Gasteiger partial charge in [0.1, 0.15) is 11.2 Å². The molecule has 0 aliphatic carbocycles. The van der Waals surface area contributed by atoms with Crippen LogP contribution in [-0.4, -0.2) is 43.3 Å². The van der Waals surface area contributed by atoms with Crippen LogP contribution in [-0.2, 0) is 9.53 Å². The Morgan fingerprint density at radius 2 is 2.25 bits per heavy atom. The minimum absolute atomic E-state index is 0.0887. The molecule has 2 rings (SSSR count). The van der Waals surface area contributed by atoms with Crippen molar-refractivity contribution < 1.29 is 24.2 Å². The van der Waals surface area contributed by atoms with Crippen molar-refractivity contribution in [3.8, 4) is 5.75 Å². The van der Waals surface area contributed by atoms with Crippen molar-refractivity contribution >= 4 is 11.9 Å². The van der Waals surface area contributed by atoms with E-state index in [2.05, 4.69) is 5.32 Å². The molecule has 20 heavy (non-hydrogen) atoms. The number of aliphatic carboxylic acids is 1. The fourth-order valence-electron chi connectivity index (χ4n) is 2.09. The summed E-state index contributed by atoms with van der Waals surface area (Å²) in [5, 5.41) is 12.0. The number of carbonyl (C=O) groups excluding carboxylic acids is 1. The summed E-state index contributed by atoms with van der Waals surface area (Å²) >= 11 is 0. The third-order valence-electron chi connectivity index (χ3n) is 3.58. The Bertz CT molecular complexity index is 530. The van der Waals surface area contributed by atoms with Gasteiger partial charge in [0.15, 0.2) is 0 Å². The Balaban J connectivity index is 2.13. The predicted molar refractivity (Wildman–Crippen MR) is 70.8 cm³/mol. The van der Waals surface area contributed by atoms with E-state index in [1.165, 1.54) is 7.11 Å². The number of nitrogens with one attached hydrogen (secondary N) is 1. The number of carboxylic acid groups (broad SMARTS) is 1. The van der Waals surface area contributed by atoms with E-state index in [1.54, 1.807) is 31.2 Å². The van der Waals surface area contributed by atoms with Gasteiger partial charge in [-0.15, -0.1) is 0 Å². The third kappa shape index (κ3) is 2.60. The second-order valence-electron chi connectivity index (χ2n) is 5.00. The van der Waals surface area contributed by atoms with Crippen molar-refractivity contribution in [1.29, 1.82) is 0 Å². The van der Waals surface area contributed by atoms with E-state index in [1.807, 2.05) is 0 Å². The highest BCUT2D eigenvalue weighted by Crippen LogP contribution is 2.29. The zero-order valence-corrected chi connectivity index (χ0v) is 11.4. The van der Waals surface area contributed by atoms with Crippen molar-refractivity contribution in [2.45, 2.75) is 13.0 Å². The Morgan fingerprint density at radius 1 is 1.50 bits per heavy atom. The van der Waals surface area contributed by atoms with Crippen LogP contribution in [0.25, 0.3) is 0 Å². The molecule has 0 bridgehead atoms. The fraction of sp³-hybridized carbons (Fsp3) is 0.429. The first-order valence-corrected chi connectivity index (χ1v) is 6.23. The lowest BCUT2D eigenvalue weighted by Gasteiger charge is -2.25. The number of amides is 1. The summed E-state index contributed by atoms with van der Waals surface area (Å²) in [6, 6.07) is 6.12. The first kappa shape index (κ1) is 14.3. The molecule has 0 saturated carbocycles. The number of rotatable bonds is 4. The molecule has 1 saturated heterocycles. The van der Waals surface area contributed by atoms with E-state index < -0.39 is 17.4 Å². The van der Waals surface area contributed by atoms with Crippen LogP contribution in [0, 0.1) is 5.41 Å². The number of hydrogen-bond acceptors (Lipinski definition) is 4. The third-order valence-corrected chi connectivity index (χ3v) is 3.58. The van der Waals surface area contributed by atoms with Crippen molar-refractivity contribution in [2.24, 2.45) is 5.41 Å². The summed E-state index contributed by atoms with van der Waals surface area (Å²) in [6.07, 6.45) is 0. The zero-order chi connectivity index (χ0) is 14.8. The molecule has 0 spiro atoms. The van der Waals surface area contributed by atoms with Gasteiger partial charge in [-0.25, -0.2) is 0 Å². The molecule has 2 N–H and O–H groups in total. The smallest absolute Gasteiger partial charge is 0.313 e. The molecular weight excluding hydrogens is 262 g/mol. The summed E-state index contributed by atoms with van der Waals surface area (Å²) in [6.45, 7) is 1.85. The lowest BCUT2D eigenvalue weighted by molar-refractivity contribution is -0.148. The van der Waals surface area contributed by atoms with Gasteiger partial charge in [0.2, 0.25) is 0 Å². The molecule has 108 valence electrons. The van der Waals surface area contributed by atoms with Gasteiger partial charge in [-0.3, -0.25) is 9.59 Å². The molecule has 1 aromatic rings. The highest BCUT2D eigenvalue weighted by Gasteiger charge is 2.47. The molecule has 1 heterocycles. The van der Waals surface area contributed by atoms with Crippen LogP contribution in [0.4, 0.5) is 0 Å². The maximum absolute atomic E-state index is 12.2. The first-order chi connectivity index (χ1) is 9.47. The normalized spacial score (nSPS) is 25.2. The van der Waals surface area contributed by atoms with E-state index in [0.29, 0.717) is 11.3 Å². The largest absolute Gasteiger partial charge is 0.497 e. The van der Waals surface area contributed by atoms with Crippen LogP contribution in [0.5, 0.6) is 5.75 Å². The van der Waals surface area contributed by atoms with Gasteiger partial charge >= 0.3 is 5.97 Å². The van der Waals surface area contributed by atoms with Crippen molar-refractivity contribution in [2.75, 3.05) is 20.3 Å². The molecule has 1 aliphatic heterocycles. The number of carboxylic acids is 1. The van der Waals surface area contributed by atoms with E-state index in [9.17, 15) is 14.7 Å². The fourth-order valence-corrected chi connectivity index (χ4v) is 2.09. The molecule has 0 aromatic heterocycles. The van der Waals surface area contributed by atoms with Gasteiger partial charge in [-0.1, -0.05) is 6.07 Å². The average molecular weight is 279 g/mol. The molecule has 1 fully saturated rings. The molecule has 2 atom stereocenters. The molecule has 1 amide bonds. The summed E-state index contributed by atoms with van der Waals surface area (Å²) < 4.78 is 10.3. The van der Waals surface area contributed by atoms with E-state index in [4.69, 9.17) is 9.47 Å². The van der Waals surface area contributed by atoms with E-state index >= 15 is 0 Å². The number of benzene rings is 1. The Labute approximate surface area is 116 Å². The van der Waals surface area contributed by atoms with Gasteiger partial charge < -0.3 is 19.9 Å². The Morgan fingerprint density at radius 3 is 2.90 bits per heavy atom. The maximum Gasteiger partial charge on any atom is 0.313 e. The van der Waals surface area contributed by atoms with Crippen molar-refractivity contribution in [3.63, 3.8) is 0 Å². The van der Waals surface area contributed by atoms with Gasteiger partial charge in [-0.2, -0.15) is 0 Å². The molecule has 1 aliphatic rings. The highest BCUT2D eigenvalue weighted by molar-refractivity contribution is 5.95. The number of methoxy groups -OCH3 is 1. The van der Waals surface area contributed by atoms with Crippen LogP contribution < -0.4 is 10.1 Å². The minimum atomic E-state index is -1.10. The van der Waals surface area contributed by atoms with Crippen LogP contribution >= 0.6 is 0 Å². The quantitative estimate of drug-likeness (QED) is 0.856. The predicted octanol–water partition coefficient (Wildman–Crippen LogP) is 0.915. The molecule has 0 radical (unpaired) electrons. The topological polar surface area (TPSA) is 84.9 Å². The zero-order valence-electron chi connectivity index (χ0n) is 11.4. The van der Waals surface area contributed by atoms with E-state index in [-0.39, 0.29) is 19.1 Å². The van der Waals surface area contributed by atoms with E-state index in [0.717, 1.165) is 0 Å².